The number of halogens is 4. The Morgan fingerprint density at radius 1 is 1.11 bits per heavy atom. The van der Waals surface area contributed by atoms with Gasteiger partial charge in [-0.3, -0.25) is 9.78 Å². The van der Waals surface area contributed by atoms with Crippen molar-refractivity contribution in [3.8, 4) is 17.6 Å². The molecule has 4 rings (SSSR count). The molecule has 0 fully saturated rings. The lowest BCUT2D eigenvalue weighted by Crippen LogP contribution is -2.17. The minimum absolute atomic E-state index is 0.0898. The molecule has 0 saturated carbocycles. The maximum atomic E-state index is 13.0. The number of nitrogens with one attached hydrogen (secondary N) is 2. The number of alkyl halides is 3. The molecular weight excluding hydrogens is 597 g/mol. The lowest BCUT2D eigenvalue weighted by Gasteiger charge is -2.17. The maximum Gasteiger partial charge on any atom is 0.433 e. The first kappa shape index (κ1) is 32.3. The van der Waals surface area contributed by atoms with Gasteiger partial charge in [0.15, 0.2) is 0 Å². The number of nitriles is 1. The fraction of sp³-hybridized carbons (Fsp3) is 0.290. The number of amides is 1. The van der Waals surface area contributed by atoms with Gasteiger partial charge in [-0.25, -0.2) is 4.98 Å². The molecule has 0 spiro atoms. The molecule has 4 aromatic rings. The second-order valence-corrected chi connectivity index (χ2v) is 10.4. The van der Waals surface area contributed by atoms with E-state index in [9.17, 15) is 23.2 Å². The van der Waals surface area contributed by atoms with Gasteiger partial charge in [0, 0.05) is 29.8 Å². The lowest BCUT2D eigenvalue weighted by molar-refractivity contribution is -0.141. The number of nitrogens with zero attached hydrogens (tertiary/aromatic N) is 4. The van der Waals surface area contributed by atoms with Crippen molar-refractivity contribution in [2.24, 2.45) is 0 Å². The molecule has 0 radical (unpaired) electrons. The first-order valence-corrected chi connectivity index (χ1v) is 14.0. The number of carbonyl (C=O) groups is 1. The summed E-state index contributed by atoms with van der Waals surface area (Å²) in [6.45, 7) is 2.74. The molecule has 0 saturated heterocycles. The monoisotopic (exact) mass is 626 g/mol. The molecule has 0 aliphatic heterocycles. The summed E-state index contributed by atoms with van der Waals surface area (Å²) in [4.78, 5) is 22.7. The summed E-state index contributed by atoms with van der Waals surface area (Å²) in [5.41, 5.74) is 1.24. The first-order valence-electron chi connectivity index (χ1n) is 13.6. The van der Waals surface area contributed by atoms with E-state index in [4.69, 9.17) is 21.1 Å². The Bertz CT molecular complexity index is 1690. The zero-order chi connectivity index (χ0) is 31.9. The van der Waals surface area contributed by atoms with Crippen molar-refractivity contribution in [1.29, 1.82) is 5.26 Å². The van der Waals surface area contributed by atoms with Crippen LogP contribution in [0.25, 0.3) is 10.9 Å². The minimum Gasteiger partial charge on any atom is -0.492 e. The minimum atomic E-state index is -4.57. The summed E-state index contributed by atoms with van der Waals surface area (Å²) in [7, 11) is 3.88. The summed E-state index contributed by atoms with van der Waals surface area (Å²) in [6.07, 6.45) is -2.13. The Balaban J connectivity index is 1.59. The maximum absolute atomic E-state index is 13.0. The predicted molar refractivity (Wildman–Crippen MR) is 162 cm³/mol. The van der Waals surface area contributed by atoms with Crippen LogP contribution in [0, 0.1) is 11.3 Å². The molecule has 0 bridgehead atoms. The van der Waals surface area contributed by atoms with Crippen molar-refractivity contribution in [3.05, 3.63) is 76.7 Å². The van der Waals surface area contributed by atoms with Crippen LogP contribution in [-0.2, 0) is 17.6 Å². The molecule has 0 unspecified atom stereocenters. The highest BCUT2D eigenvalue weighted by Gasteiger charge is 2.32. The standard InChI is InChI=1S/C31H30ClF3N6O3/c1-4-43-27-15-24-22(14-25(27)40-29(42)9-6-12-41(2)3)30(19(16-36)17-37-24)39-20-10-11-26(23(32)13-20)44-18-21-7-5-8-28(38-21)31(33,34)35/h5,7-8,10-11,13-15,17H,4,6,9,12,18H2,1-3H3,(H,37,39)(H,40,42). The third-order valence-electron chi connectivity index (χ3n) is 6.35. The van der Waals surface area contributed by atoms with E-state index in [1.54, 1.807) is 30.3 Å². The number of hydrogen-bond acceptors (Lipinski definition) is 8. The van der Waals surface area contributed by atoms with E-state index in [0.29, 0.717) is 53.2 Å². The molecule has 1 amide bonds. The van der Waals surface area contributed by atoms with Gasteiger partial charge in [0.2, 0.25) is 5.91 Å². The molecule has 2 N–H and O–H groups in total. The molecule has 230 valence electrons. The summed E-state index contributed by atoms with van der Waals surface area (Å²) in [5.74, 6) is 0.509. The Morgan fingerprint density at radius 2 is 1.91 bits per heavy atom. The third kappa shape index (κ3) is 8.27. The number of benzene rings is 2. The van der Waals surface area contributed by atoms with Gasteiger partial charge in [-0.15, -0.1) is 0 Å². The molecule has 13 heteroatoms. The van der Waals surface area contributed by atoms with Crippen molar-refractivity contribution in [1.82, 2.24) is 14.9 Å². The van der Waals surface area contributed by atoms with Gasteiger partial charge >= 0.3 is 6.18 Å². The van der Waals surface area contributed by atoms with E-state index >= 15 is 0 Å². The zero-order valence-electron chi connectivity index (χ0n) is 24.3. The Morgan fingerprint density at radius 3 is 2.59 bits per heavy atom. The van der Waals surface area contributed by atoms with Crippen molar-refractivity contribution in [2.45, 2.75) is 32.5 Å². The van der Waals surface area contributed by atoms with E-state index < -0.39 is 11.9 Å². The highest BCUT2D eigenvalue weighted by atomic mass is 35.5. The average Bonchev–Trinajstić information content (AvgIpc) is 2.97. The number of fused-ring (bicyclic) bond motifs is 1. The van der Waals surface area contributed by atoms with Crippen LogP contribution in [-0.4, -0.2) is 48.0 Å². The smallest absolute Gasteiger partial charge is 0.433 e. The van der Waals surface area contributed by atoms with Gasteiger partial charge in [-0.1, -0.05) is 17.7 Å². The fourth-order valence-electron chi connectivity index (χ4n) is 4.29. The SMILES string of the molecule is CCOc1cc2ncc(C#N)c(Nc3ccc(OCc4cccc(C(F)(F)F)n4)c(Cl)c3)c2cc1NC(=O)CCCN(C)C. The van der Waals surface area contributed by atoms with Gasteiger partial charge in [0.25, 0.3) is 0 Å². The largest absolute Gasteiger partial charge is 0.492 e. The van der Waals surface area contributed by atoms with Crippen LogP contribution in [0.15, 0.2) is 54.7 Å². The molecular formula is C31H30ClF3N6O3. The van der Waals surface area contributed by atoms with E-state index in [1.807, 2.05) is 25.9 Å². The average molecular weight is 627 g/mol. The van der Waals surface area contributed by atoms with Crippen LogP contribution in [0.4, 0.5) is 30.2 Å². The van der Waals surface area contributed by atoms with Crippen molar-refractivity contribution in [3.63, 3.8) is 0 Å². The van der Waals surface area contributed by atoms with E-state index in [0.717, 1.165) is 12.6 Å². The fourth-order valence-corrected chi connectivity index (χ4v) is 4.53. The van der Waals surface area contributed by atoms with Crippen LogP contribution in [0.1, 0.15) is 36.7 Å². The molecule has 0 aliphatic rings. The number of hydrogen-bond donors (Lipinski definition) is 2. The van der Waals surface area contributed by atoms with Crippen molar-refractivity contribution < 1.29 is 27.4 Å². The summed E-state index contributed by atoms with van der Waals surface area (Å²) in [6, 6.07) is 13.9. The third-order valence-corrected chi connectivity index (χ3v) is 6.64. The van der Waals surface area contributed by atoms with Crippen LogP contribution < -0.4 is 20.1 Å². The second-order valence-electron chi connectivity index (χ2n) is 9.98. The number of anilines is 3. The number of carbonyl (C=O) groups excluding carboxylic acids is 1. The number of aromatic nitrogens is 2. The van der Waals surface area contributed by atoms with E-state index in [2.05, 4.69) is 26.7 Å². The molecule has 44 heavy (non-hydrogen) atoms. The van der Waals surface area contributed by atoms with Crippen LogP contribution in [0.3, 0.4) is 0 Å². The topological polar surface area (TPSA) is 112 Å². The lowest BCUT2D eigenvalue weighted by atomic mass is 10.1. The second kappa shape index (κ2) is 14.2. The number of ether oxygens (including phenoxy) is 2. The zero-order valence-corrected chi connectivity index (χ0v) is 25.0. The Kier molecular flexibility index (Phi) is 10.5. The molecule has 2 heterocycles. The first-order chi connectivity index (χ1) is 21.0. The number of pyridine rings is 2. The van der Waals surface area contributed by atoms with Gasteiger partial charge in [0.05, 0.1) is 39.8 Å². The summed E-state index contributed by atoms with van der Waals surface area (Å²) >= 11 is 6.45. The van der Waals surface area contributed by atoms with E-state index in [1.165, 1.54) is 18.3 Å². The Hall–Kier alpha value is -4.60. The summed E-state index contributed by atoms with van der Waals surface area (Å²) in [5, 5.41) is 16.7. The Labute approximate surface area is 257 Å². The van der Waals surface area contributed by atoms with Crippen LogP contribution in [0.2, 0.25) is 5.02 Å². The van der Waals surface area contributed by atoms with Gasteiger partial charge in [-0.2, -0.15) is 18.4 Å². The molecule has 2 aromatic carbocycles. The quantitative estimate of drug-likeness (QED) is 0.170. The number of rotatable bonds is 12. The van der Waals surface area contributed by atoms with E-state index in [-0.39, 0.29) is 34.5 Å². The highest BCUT2D eigenvalue weighted by molar-refractivity contribution is 6.32. The highest BCUT2D eigenvalue weighted by Crippen LogP contribution is 2.37. The molecule has 9 nitrogen and oxygen atoms in total. The predicted octanol–water partition coefficient (Wildman–Crippen LogP) is 7.18. The van der Waals surface area contributed by atoms with Crippen LogP contribution >= 0.6 is 11.6 Å². The van der Waals surface area contributed by atoms with Gasteiger partial charge in [0.1, 0.15) is 29.9 Å². The summed E-state index contributed by atoms with van der Waals surface area (Å²) < 4.78 is 50.4. The molecule has 0 atom stereocenters. The van der Waals surface area contributed by atoms with Gasteiger partial charge in [-0.05, 0) is 70.4 Å². The van der Waals surface area contributed by atoms with Crippen LogP contribution in [0.5, 0.6) is 11.5 Å². The normalized spacial score (nSPS) is 11.3. The van der Waals surface area contributed by atoms with Gasteiger partial charge < -0.3 is 25.0 Å². The molecule has 2 aromatic heterocycles. The molecule has 0 aliphatic carbocycles. The van der Waals surface area contributed by atoms with Crippen molar-refractivity contribution >= 4 is 45.5 Å². The van der Waals surface area contributed by atoms with Crippen molar-refractivity contribution in [2.75, 3.05) is 37.9 Å².